The lowest BCUT2D eigenvalue weighted by molar-refractivity contribution is -0.146. The number of carbonyl (C=O) groups is 1. The standard InChI is InChI=1S/C17H35NO3/c1-4-7-8-9-10-11-14-20-15-12-16(18-13-5-2)17(19)21-6-3/h16,18H,4-15H2,1-3H3. The van der Waals surface area contributed by atoms with E-state index in [1.54, 1.807) is 0 Å². The first-order valence-electron chi connectivity index (χ1n) is 8.73. The van der Waals surface area contributed by atoms with Crippen molar-refractivity contribution in [3.8, 4) is 0 Å². The highest BCUT2D eigenvalue weighted by molar-refractivity contribution is 5.75. The van der Waals surface area contributed by atoms with E-state index in [0.717, 1.165) is 26.0 Å². The van der Waals surface area contributed by atoms with Gasteiger partial charge in [0.15, 0.2) is 0 Å². The second-order valence-electron chi connectivity index (χ2n) is 5.43. The van der Waals surface area contributed by atoms with E-state index in [2.05, 4.69) is 19.2 Å². The highest BCUT2D eigenvalue weighted by Gasteiger charge is 2.18. The summed E-state index contributed by atoms with van der Waals surface area (Å²) in [5.41, 5.74) is 0. The molecule has 0 bridgehead atoms. The Morgan fingerprint density at radius 2 is 1.67 bits per heavy atom. The number of hydrogen-bond acceptors (Lipinski definition) is 4. The lowest BCUT2D eigenvalue weighted by atomic mass is 10.1. The summed E-state index contributed by atoms with van der Waals surface area (Å²) in [6.07, 6.45) is 9.33. The number of ether oxygens (including phenoxy) is 2. The van der Waals surface area contributed by atoms with Gasteiger partial charge < -0.3 is 14.8 Å². The molecule has 21 heavy (non-hydrogen) atoms. The van der Waals surface area contributed by atoms with E-state index in [1.165, 1.54) is 32.1 Å². The van der Waals surface area contributed by atoms with Gasteiger partial charge in [-0.15, -0.1) is 0 Å². The minimum Gasteiger partial charge on any atom is -0.465 e. The largest absolute Gasteiger partial charge is 0.465 e. The van der Waals surface area contributed by atoms with Crippen molar-refractivity contribution in [1.82, 2.24) is 5.32 Å². The molecule has 0 rings (SSSR count). The molecule has 0 aliphatic rings. The third-order valence-corrected chi connectivity index (χ3v) is 3.40. The first kappa shape index (κ1) is 20.4. The van der Waals surface area contributed by atoms with E-state index in [1.807, 2.05) is 6.92 Å². The number of carbonyl (C=O) groups excluding carboxylic acids is 1. The van der Waals surface area contributed by atoms with Crippen LogP contribution in [-0.2, 0) is 14.3 Å². The van der Waals surface area contributed by atoms with Gasteiger partial charge in [0.1, 0.15) is 6.04 Å². The Morgan fingerprint density at radius 1 is 0.952 bits per heavy atom. The highest BCUT2D eigenvalue weighted by atomic mass is 16.5. The monoisotopic (exact) mass is 301 g/mol. The molecule has 0 aliphatic heterocycles. The predicted molar refractivity (Wildman–Crippen MR) is 87.5 cm³/mol. The van der Waals surface area contributed by atoms with E-state index >= 15 is 0 Å². The zero-order valence-corrected chi connectivity index (χ0v) is 14.3. The Hall–Kier alpha value is -0.610. The average molecular weight is 301 g/mol. The van der Waals surface area contributed by atoms with Gasteiger partial charge in [0.2, 0.25) is 0 Å². The number of nitrogens with one attached hydrogen (secondary N) is 1. The van der Waals surface area contributed by atoms with Crippen molar-refractivity contribution < 1.29 is 14.3 Å². The van der Waals surface area contributed by atoms with Gasteiger partial charge in [0.05, 0.1) is 6.61 Å². The number of esters is 1. The third-order valence-electron chi connectivity index (χ3n) is 3.40. The molecular weight excluding hydrogens is 266 g/mol. The second kappa shape index (κ2) is 15.8. The topological polar surface area (TPSA) is 47.6 Å². The average Bonchev–Trinajstić information content (AvgIpc) is 2.48. The Bertz CT molecular complexity index is 234. The van der Waals surface area contributed by atoms with Crippen LogP contribution in [0.3, 0.4) is 0 Å². The second-order valence-corrected chi connectivity index (χ2v) is 5.43. The van der Waals surface area contributed by atoms with Crippen LogP contribution in [0, 0.1) is 0 Å². The zero-order chi connectivity index (χ0) is 15.8. The fourth-order valence-corrected chi connectivity index (χ4v) is 2.15. The Morgan fingerprint density at radius 3 is 2.33 bits per heavy atom. The van der Waals surface area contributed by atoms with Crippen LogP contribution >= 0.6 is 0 Å². The molecule has 0 aromatic heterocycles. The van der Waals surface area contributed by atoms with E-state index in [4.69, 9.17) is 9.47 Å². The molecule has 0 amide bonds. The molecule has 1 atom stereocenters. The van der Waals surface area contributed by atoms with Crippen LogP contribution in [0.25, 0.3) is 0 Å². The van der Waals surface area contributed by atoms with Gasteiger partial charge in [-0.1, -0.05) is 46.0 Å². The normalized spacial score (nSPS) is 12.3. The van der Waals surface area contributed by atoms with Crippen LogP contribution in [0.2, 0.25) is 0 Å². The van der Waals surface area contributed by atoms with Gasteiger partial charge in [-0.25, -0.2) is 0 Å². The van der Waals surface area contributed by atoms with Gasteiger partial charge in [-0.05, 0) is 32.7 Å². The Kier molecular flexibility index (Phi) is 15.3. The SMILES string of the molecule is CCCCCCCCOCCC(NCCC)C(=O)OCC. The quantitative estimate of drug-likeness (QED) is 0.370. The fraction of sp³-hybridized carbons (Fsp3) is 0.941. The first-order chi connectivity index (χ1) is 10.3. The van der Waals surface area contributed by atoms with Crippen molar-refractivity contribution in [3.05, 3.63) is 0 Å². The van der Waals surface area contributed by atoms with Crippen LogP contribution in [0.1, 0.15) is 72.1 Å². The van der Waals surface area contributed by atoms with Crippen molar-refractivity contribution in [2.45, 2.75) is 78.2 Å². The predicted octanol–water partition coefficient (Wildman–Crippen LogP) is 3.68. The third kappa shape index (κ3) is 12.8. The first-order valence-corrected chi connectivity index (χ1v) is 8.73. The van der Waals surface area contributed by atoms with E-state index in [9.17, 15) is 4.79 Å². The summed E-state index contributed by atoms with van der Waals surface area (Å²) < 4.78 is 10.7. The molecule has 0 heterocycles. The molecule has 0 aromatic rings. The summed E-state index contributed by atoms with van der Waals surface area (Å²) in [5, 5.41) is 3.22. The number of unbranched alkanes of at least 4 members (excludes halogenated alkanes) is 5. The minimum atomic E-state index is -0.227. The molecule has 0 radical (unpaired) electrons. The zero-order valence-electron chi connectivity index (χ0n) is 14.3. The van der Waals surface area contributed by atoms with Crippen LogP contribution in [0.5, 0.6) is 0 Å². The van der Waals surface area contributed by atoms with Crippen LogP contribution in [-0.4, -0.2) is 38.4 Å². The smallest absolute Gasteiger partial charge is 0.323 e. The fourth-order valence-electron chi connectivity index (χ4n) is 2.15. The minimum absolute atomic E-state index is 0.158. The molecule has 0 saturated carbocycles. The lowest BCUT2D eigenvalue weighted by Crippen LogP contribution is -2.39. The molecule has 4 nitrogen and oxygen atoms in total. The van der Waals surface area contributed by atoms with E-state index in [0.29, 0.717) is 19.6 Å². The molecule has 0 fully saturated rings. The summed E-state index contributed by atoms with van der Waals surface area (Å²) in [6, 6.07) is -0.227. The summed E-state index contributed by atoms with van der Waals surface area (Å²) in [4.78, 5) is 11.8. The van der Waals surface area contributed by atoms with Crippen molar-refractivity contribution >= 4 is 5.97 Å². The van der Waals surface area contributed by atoms with Gasteiger partial charge in [-0.2, -0.15) is 0 Å². The number of rotatable bonds is 15. The van der Waals surface area contributed by atoms with Crippen molar-refractivity contribution in [3.63, 3.8) is 0 Å². The van der Waals surface area contributed by atoms with Crippen molar-refractivity contribution in [2.75, 3.05) is 26.4 Å². The molecule has 1 N–H and O–H groups in total. The number of hydrogen-bond donors (Lipinski definition) is 1. The summed E-state index contributed by atoms with van der Waals surface area (Å²) in [5.74, 6) is -0.158. The molecule has 0 spiro atoms. The molecule has 0 aromatic carbocycles. The van der Waals surface area contributed by atoms with Gasteiger partial charge >= 0.3 is 5.97 Å². The Labute approximate surface area is 131 Å². The van der Waals surface area contributed by atoms with Gasteiger partial charge in [0, 0.05) is 13.2 Å². The molecule has 4 heteroatoms. The molecule has 0 aliphatic carbocycles. The van der Waals surface area contributed by atoms with Crippen LogP contribution in [0.15, 0.2) is 0 Å². The van der Waals surface area contributed by atoms with Crippen molar-refractivity contribution in [1.29, 1.82) is 0 Å². The maximum Gasteiger partial charge on any atom is 0.323 e. The van der Waals surface area contributed by atoms with Gasteiger partial charge in [0.25, 0.3) is 0 Å². The maximum absolute atomic E-state index is 11.8. The van der Waals surface area contributed by atoms with Gasteiger partial charge in [-0.3, -0.25) is 4.79 Å². The molecule has 1 unspecified atom stereocenters. The van der Waals surface area contributed by atoms with E-state index in [-0.39, 0.29) is 12.0 Å². The molecule has 0 saturated heterocycles. The highest BCUT2D eigenvalue weighted by Crippen LogP contribution is 2.05. The summed E-state index contributed by atoms with van der Waals surface area (Å²) >= 11 is 0. The van der Waals surface area contributed by atoms with E-state index < -0.39 is 0 Å². The summed E-state index contributed by atoms with van der Waals surface area (Å²) in [7, 11) is 0. The molecule has 126 valence electrons. The van der Waals surface area contributed by atoms with Crippen molar-refractivity contribution in [2.24, 2.45) is 0 Å². The maximum atomic E-state index is 11.8. The summed E-state index contributed by atoms with van der Waals surface area (Å²) in [6.45, 7) is 8.84. The Balaban J connectivity index is 3.60. The molecular formula is C17H35NO3. The lowest BCUT2D eigenvalue weighted by Gasteiger charge is -2.16. The van der Waals surface area contributed by atoms with Crippen LogP contribution in [0.4, 0.5) is 0 Å². The van der Waals surface area contributed by atoms with Crippen LogP contribution < -0.4 is 5.32 Å².